The summed E-state index contributed by atoms with van der Waals surface area (Å²) in [6, 6.07) is 12.4. The van der Waals surface area contributed by atoms with Gasteiger partial charge in [-0.05, 0) is 45.8 Å². The monoisotopic (exact) mass is 387 g/mol. The standard InChI is InChI=1S/C15H15BrFNO3S/c1-21-14(11-5-4-6-12(17)9-11)10-18-22(19,20)15-8-3-2-7-13(15)16/h2-9,14,18H,10H2,1H3/t14-/m0/s1. The summed E-state index contributed by atoms with van der Waals surface area (Å²) in [6.07, 6.45) is -0.576. The van der Waals surface area contributed by atoms with Gasteiger partial charge in [0, 0.05) is 18.1 Å². The Balaban J connectivity index is 2.15. The first-order valence-corrected chi connectivity index (χ1v) is 8.74. The van der Waals surface area contributed by atoms with Gasteiger partial charge < -0.3 is 4.74 Å². The van der Waals surface area contributed by atoms with Crippen molar-refractivity contribution in [2.75, 3.05) is 13.7 Å². The average molecular weight is 388 g/mol. The Morgan fingerprint density at radius 3 is 2.59 bits per heavy atom. The number of rotatable bonds is 6. The van der Waals surface area contributed by atoms with Crippen LogP contribution < -0.4 is 4.72 Å². The molecule has 0 bridgehead atoms. The number of nitrogens with one attached hydrogen (secondary N) is 1. The number of hydrogen-bond donors (Lipinski definition) is 1. The molecule has 0 unspecified atom stereocenters. The number of hydrogen-bond acceptors (Lipinski definition) is 3. The second-order valence-corrected chi connectivity index (χ2v) is 7.15. The molecule has 0 radical (unpaired) electrons. The van der Waals surface area contributed by atoms with E-state index in [0.717, 1.165) is 0 Å². The van der Waals surface area contributed by atoms with Gasteiger partial charge in [-0.25, -0.2) is 17.5 Å². The summed E-state index contributed by atoms with van der Waals surface area (Å²) < 4.78 is 46.1. The van der Waals surface area contributed by atoms with E-state index in [1.807, 2.05) is 0 Å². The zero-order chi connectivity index (χ0) is 16.2. The highest BCUT2D eigenvalue weighted by Crippen LogP contribution is 2.22. The molecule has 118 valence electrons. The third-order valence-electron chi connectivity index (χ3n) is 3.09. The molecule has 22 heavy (non-hydrogen) atoms. The van der Waals surface area contributed by atoms with Crippen molar-refractivity contribution in [2.24, 2.45) is 0 Å². The summed E-state index contributed by atoms with van der Waals surface area (Å²) in [4.78, 5) is 0.143. The highest BCUT2D eigenvalue weighted by Gasteiger charge is 2.20. The average Bonchev–Trinajstić information content (AvgIpc) is 2.48. The lowest BCUT2D eigenvalue weighted by Crippen LogP contribution is -2.29. The molecule has 0 aromatic heterocycles. The van der Waals surface area contributed by atoms with E-state index in [1.54, 1.807) is 30.3 Å². The lowest BCUT2D eigenvalue weighted by molar-refractivity contribution is 0.107. The zero-order valence-electron chi connectivity index (χ0n) is 11.8. The molecule has 0 aliphatic heterocycles. The Morgan fingerprint density at radius 2 is 1.95 bits per heavy atom. The number of halogens is 2. The normalized spacial score (nSPS) is 13.0. The first-order chi connectivity index (χ1) is 10.4. The van der Waals surface area contributed by atoms with Crippen molar-refractivity contribution in [3.05, 3.63) is 64.4 Å². The first-order valence-electron chi connectivity index (χ1n) is 6.46. The van der Waals surface area contributed by atoms with Crippen molar-refractivity contribution in [3.8, 4) is 0 Å². The van der Waals surface area contributed by atoms with E-state index in [2.05, 4.69) is 20.7 Å². The summed E-state index contributed by atoms with van der Waals surface area (Å²) in [6.45, 7) is 0.00359. The van der Waals surface area contributed by atoms with Gasteiger partial charge in [-0.15, -0.1) is 0 Å². The largest absolute Gasteiger partial charge is 0.375 e. The smallest absolute Gasteiger partial charge is 0.241 e. The Bertz CT molecular complexity index is 752. The van der Waals surface area contributed by atoms with Gasteiger partial charge in [0.15, 0.2) is 0 Å². The first kappa shape index (κ1) is 17.1. The number of methoxy groups -OCH3 is 1. The highest BCUT2D eigenvalue weighted by atomic mass is 79.9. The summed E-state index contributed by atoms with van der Waals surface area (Å²) >= 11 is 3.21. The van der Waals surface area contributed by atoms with Crippen LogP contribution in [0.1, 0.15) is 11.7 Å². The molecule has 0 heterocycles. The maximum Gasteiger partial charge on any atom is 0.241 e. The fourth-order valence-corrected chi connectivity index (χ4v) is 4.00. The molecule has 0 amide bonds. The molecule has 0 saturated heterocycles. The van der Waals surface area contributed by atoms with Crippen molar-refractivity contribution in [2.45, 2.75) is 11.0 Å². The summed E-state index contributed by atoms with van der Waals surface area (Å²) in [5.41, 5.74) is 0.567. The molecule has 0 aliphatic carbocycles. The van der Waals surface area contributed by atoms with Gasteiger partial charge in [-0.1, -0.05) is 24.3 Å². The van der Waals surface area contributed by atoms with E-state index in [4.69, 9.17) is 4.74 Å². The number of ether oxygens (including phenoxy) is 1. The predicted molar refractivity (Wildman–Crippen MR) is 85.5 cm³/mol. The van der Waals surface area contributed by atoms with Crippen molar-refractivity contribution in [1.82, 2.24) is 4.72 Å². The predicted octanol–water partition coefficient (Wildman–Crippen LogP) is 3.25. The fraction of sp³-hybridized carbons (Fsp3) is 0.200. The van der Waals surface area contributed by atoms with Gasteiger partial charge in [0.2, 0.25) is 10.0 Å². The Hall–Kier alpha value is -1.28. The van der Waals surface area contributed by atoms with Gasteiger partial charge in [0.1, 0.15) is 5.82 Å². The minimum Gasteiger partial charge on any atom is -0.375 e. The minimum atomic E-state index is -3.68. The zero-order valence-corrected chi connectivity index (χ0v) is 14.2. The minimum absolute atomic E-state index is 0.00359. The van der Waals surface area contributed by atoms with Gasteiger partial charge in [0.05, 0.1) is 11.0 Å². The van der Waals surface area contributed by atoms with E-state index >= 15 is 0 Å². The third kappa shape index (κ3) is 4.13. The van der Waals surface area contributed by atoms with Crippen LogP contribution in [0.3, 0.4) is 0 Å². The summed E-state index contributed by atoms with van der Waals surface area (Å²) in [5, 5.41) is 0. The number of sulfonamides is 1. The quantitative estimate of drug-likeness (QED) is 0.827. The van der Waals surface area contributed by atoms with Gasteiger partial charge >= 0.3 is 0 Å². The second-order valence-electron chi connectivity index (χ2n) is 4.56. The van der Waals surface area contributed by atoms with Crippen molar-refractivity contribution < 1.29 is 17.5 Å². The second kappa shape index (κ2) is 7.32. The van der Waals surface area contributed by atoms with Crippen molar-refractivity contribution in [1.29, 1.82) is 0 Å². The third-order valence-corrected chi connectivity index (χ3v) is 5.53. The number of benzene rings is 2. The molecule has 2 aromatic carbocycles. The Kier molecular flexibility index (Phi) is 5.69. The van der Waals surface area contributed by atoms with Gasteiger partial charge in [0.25, 0.3) is 0 Å². The fourth-order valence-electron chi connectivity index (χ4n) is 1.97. The van der Waals surface area contributed by atoms with E-state index in [0.29, 0.717) is 10.0 Å². The van der Waals surface area contributed by atoms with E-state index < -0.39 is 21.9 Å². The van der Waals surface area contributed by atoms with Crippen LogP contribution >= 0.6 is 15.9 Å². The van der Waals surface area contributed by atoms with Gasteiger partial charge in [-0.3, -0.25) is 0 Å². The molecule has 4 nitrogen and oxygen atoms in total. The molecular weight excluding hydrogens is 373 g/mol. The van der Waals surface area contributed by atoms with Crippen molar-refractivity contribution in [3.63, 3.8) is 0 Å². The molecular formula is C15H15BrFNO3S. The maximum atomic E-state index is 13.3. The molecule has 7 heteroatoms. The van der Waals surface area contributed by atoms with Crippen LogP contribution in [-0.2, 0) is 14.8 Å². The summed E-state index contributed by atoms with van der Waals surface area (Å²) in [5.74, 6) is -0.395. The van der Waals surface area contributed by atoms with E-state index in [9.17, 15) is 12.8 Å². The molecule has 0 aliphatic rings. The van der Waals surface area contributed by atoms with Crippen LogP contribution in [0.25, 0.3) is 0 Å². The van der Waals surface area contributed by atoms with E-state index in [-0.39, 0.29) is 11.4 Å². The topological polar surface area (TPSA) is 55.4 Å². The van der Waals surface area contributed by atoms with Crippen LogP contribution in [0, 0.1) is 5.82 Å². The molecule has 0 saturated carbocycles. The van der Waals surface area contributed by atoms with E-state index in [1.165, 1.54) is 25.3 Å². The molecule has 1 N–H and O–H groups in total. The lowest BCUT2D eigenvalue weighted by Gasteiger charge is -2.17. The van der Waals surface area contributed by atoms with Crippen molar-refractivity contribution >= 4 is 26.0 Å². The summed E-state index contributed by atoms with van der Waals surface area (Å²) in [7, 11) is -2.24. The van der Waals surface area contributed by atoms with Crippen LogP contribution in [0.15, 0.2) is 57.9 Å². The van der Waals surface area contributed by atoms with Crippen LogP contribution in [0.4, 0.5) is 4.39 Å². The molecule has 1 atom stereocenters. The highest BCUT2D eigenvalue weighted by molar-refractivity contribution is 9.10. The SMILES string of the molecule is CO[C@@H](CNS(=O)(=O)c1ccccc1Br)c1cccc(F)c1. The lowest BCUT2D eigenvalue weighted by atomic mass is 10.1. The Morgan fingerprint density at radius 1 is 1.23 bits per heavy atom. The van der Waals surface area contributed by atoms with Crippen LogP contribution in [-0.4, -0.2) is 22.1 Å². The van der Waals surface area contributed by atoms with Crippen LogP contribution in [0.2, 0.25) is 0 Å². The van der Waals surface area contributed by atoms with Gasteiger partial charge in [-0.2, -0.15) is 0 Å². The molecule has 2 aromatic rings. The molecule has 0 fully saturated rings. The van der Waals surface area contributed by atoms with Crippen LogP contribution in [0.5, 0.6) is 0 Å². The molecule has 0 spiro atoms. The molecule has 2 rings (SSSR count). The Labute approximate surface area is 137 Å². The maximum absolute atomic E-state index is 13.3.